The third kappa shape index (κ3) is 4.40. The maximum Gasteiger partial charge on any atom is 0.269 e. The van der Waals surface area contributed by atoms with E-state index in [-0.39, 0.29) is 16.8 Å². The first-order chi connectivity index (χ1) is 10.4. The number of carbonyl (C=O) groups is 1. The summed E-state index contributed by atoms with van der Waals surface area (Å²) in [6.07, 6.45) is 0.253. The van der Waals surface area contributed by atoms with Crippen molar-refractivity contribution in [3.63, 3.8) is 0 Å². The van der Waals surface area contributed by atoms with Gasteiger partial charge in [0.15, 0.2) is 6.10 Å². The standard InChI is InChI=1S/C16H22N2O3S/c1-16(2,3)22(20)10-9-17-15(19)13-11-14(21-18-13)12-7-5-4-6-8-12/h4-8,14H,9-11H2,1-3H3,(H,17,19). The Kier molecular flexibility index (Phi) is 5.34. The summed E-state index contributed by atoms with van der Waals surface area (Å²) in [5.74, 6) is 0.190. The molecule has 0 spiro atoms. The van der Waals surface area contributed by atoms with Crippen molar-refractivity contribution in [2.45, 2.75) is 38.0 Å². The Morgan fingerprint density at radius 3 is 2.68 bits per heavy atom. The fraction of sp³-hybridized carbons (Fsp3) is 0.500. The molecule has 0 saturated carbocycles. The summed E-state index contributed by atoms with van der Waals surface area (Å²) < 4.78 is 11.6. The molecule has 0 fully saturated rings. The number of nitrogens with zero attached hydrogens (tertiary/aromatic N) is 1. The van der Waals surface area contributed by atoms with Crippen LogP contribution in [0.3, 0.4) is 0 Å². The SMILES string of the molecule is CC(C)(C)S(=O)CCNC(=O)C1=NOC(c2ccccc2)C1. The highest BCUT2D eigenvalue weighted by Crippen LogP contribution is 2.26. The number of hydrogen-bond donors (Lipinski definition) is 1. The van der Waals surface area contributed by atoms with Gasteiger partial charge in [-0.1, -0.05) is 35.5 Å². The van der Waals surface area contributed by atoms with Crippen molar-refractivity contribution < 1.29 is 13.8 Å². The summed E-state index contributed by atoms with van der Waals surface area (Å²) in [4.78, 5) is 17.4. The minimum atomic E-state index is -0.978. The Morgan fingerprint density at radius 1 is 1.36 bits per heavy atom. The Balaban J connectivity index is 1.79. The molecule has 1 amide bonds. The zero-order valence-corrected chi connectivity index (χ0v) is 14.0. The van der Waals surface area contributed by atoms with Gasteiger partial charge in [0.1, 0.15) is 5.71 Å². The van der Waals surface area contributed by atoms with E-state index in [0.29, 0.717) is 24.4 Å². The van der Waals surface area contributed by atoms with Crippen LogP contribution in [0.15, 0.2) is 35.5 Å². The van der Waals surface area contributed by atoms with Gasteiger partial charge in [-0.2, -0.15) is 0 Å². The molecule has 1 aliphatic heterocycles. The maximum atomic E-state index is 12.0. The number of carbonyl (C=O) groups excluding carboxylic acids is 1. The second kappa shape index (κ2) is 7.05. The molecule has 0 radical (unpaired) electrons. The number of oxime groups is 1. The van der Waals surface area contributed by atoms with Gasteiger partial charge in [-0.25, -0.2) is 0 Å². The van der Waals surface area contributed by atoms with E-state index in [9.17, 15) is 9.00 Å². The molecule has 0 bridgehead atoms. The van der Waals surface area contributed by atoms with E-state index in [1.165, 1.54) is 0 Å². The lowest BCUT2D eigenvalue weighted by molar-refractivity contribution is -0.114. The molecule has 0 aliphatic carbocycles. The average Bonchev–Trinajstić information content (AvgIpc) is 2.97. The van der Waals surface area contributed by atoms with E-state index in [0.717, 1.165) is 5.56 Å². The van der Waals surface area contributed by atoms with Crippen molar-refractivity contribution in [2.75, 3.05) is 12.3 Å². The van der Waals surface area contributed by atoms with Gasteiger partial charge in [0.25, 0.3) is 5.91 Å². The molecule has 1 aliphatic rings. The second-order valence-corrected chi connectivity index (χ2v) is 8.49. The van der Waals surface area contributed by atoms with Crippen LogP contribution in [0.25, 0.3) is 0 Å². The highest BCUT2D eigenvalue weighted by molar-refractivity contribution is 7.86. The molecule has 22 heavy (non-hydrogen) atoms. The van der Waals surface area contributed by atoms with Gasteiger partial charge in [-0.3, -0.25) is 9.00 Å². The molecule has 1 aromatic carbocycles. The Morgan fingerprint density at radius 2 is 2.05 bits per heavy atom. The van der Waals surface area contributed by atoms with Gasteiger partial charge in [-0.15, -0.1) is 0 Å². The van der Waals surface area contributed by atoms with Crippen LogP contribution >= 0.6 is 0 Å². The average molecular weight is 322 g/mol. The fourth-order valence-corrected chi connectivity index (χ4v) is 2.92. The van der Waals surface area contributed by atoms with Gasteiger partial charge in [0, 0.05) is 34.3 Å². The Bertz CT molecular complexity index is 579. The summed E-state index contributed by atoms with van der Waals surface area (Å²) in [5, 5.41) is 6.63. The molecule has 0 aromatic heterocycles. The predicted molar refractivity (Wildman–Crippen MR) is 88.1 cm³/mol. The molecule has 0 saturated heterocycles. The van der Waals surface area contributed by atoms with Gasteiger partial charge >= 0.3 is 0 Å². The smallest absolute Gasteiger partial charge is 0.269 e. The number of benzene rings is 1. The minimum absolute atomic E-state index is 0.203. The van der Waals surface area contributed by atoms with E-state index in [1.54, 1.807) is 0 Å². The fourth-order valence-electron chi connectivity index (χ4n) is 2.02. The molecular weight excluding hydrogens is 300 g/mol. The van der Waals surface area contributed by atoms with Crippen molar-refractivity contribution in [3.05, 3.63) is 35.9 Å². The minimum Gasteiger partial charge on any atom is -0.387 e. The van der Waals surface area contributed by atoms with Gasteiger partial charge in [-0.05, 0) is 26.3 Å². The second-order valence-electron chi connectivity index (χ2n) is 6.16. The summed E-state index contributed by atoms with van der Waals surface area (Å²) in [5.41, 5.74) is 1.39. The first-order valence-electron chi connectivity index (χ1n) is 7.32. The molecule has 1 heterocycles. The van der Waals surface area contributed by atoms with Crippen molar-refractivity contribution in [2.24, 2.45) is 5.16 Å². The van der Waals surface area contributed by atoms with Crippen LogP contribution in [0, 0.1) is 0 Å². The molecule has 2 atom stereocenters. The number of rotatable bonds is 5. The normalized spacial score (nSPS) is 19.2. The molecule has 5 nitrogen and oxygen atoms in total. The van der Waals surface area contributed by atoms with Crippen molar-refractivity contribution >= 4 is 22.4 Å². The summed E-state index contributed by atoms with van der Waals surface area (Å²) >= 11 is 0. The van der Waals surface area contributed by atoms with E-state index >= 15 is 0 Å². The van der Waals surface area contributed by atoms with Crippen molar-refractivity contribution in [1.82, 2.24) is 5.32 Å². The number of amides is 1. The van der Waals surface area contributed by atoms with Crippen molar-refractivity contribution in [3.8, 4) is 0 Å². The lowest BCUT2D eigenvalue weighted by Crippen LogP contribution is -2.35. The molecule has 2 rings (SSSR count). The summed E-state index contributed by atoms with van der Waals surface area (Å²) in [7, 11) is -0.978. The lowest BCUT2D eigenvalue weighted by atomic mass is 10.0. The van der Waals surface area contributed by atoms with E-state index in [1.807, 2.05) is 51.1 Å². The van der Waals surface area contributed by atoms with E-state index in [2.05, 4.69) is 10.5 Å². The maximum absolute atomic E-state index is 12.0. The molecule has 1 N–H and O–H groups in total. The van der Waals surface area contributed by atoms with Gasteiger partial charge in [0.05, 0.1) is 0 Å². The van der Waals surface area contributed by atoms with Gasteiger partial charge < -0.3 is 10.2 Å². The lowest BCUT2D eigenvalue weighted by Gasteiger charge is -2.17. The first kappa shape index (κ1) is 16.7. The zero-order chi connectivity index (χ0) is 16.2. The quantitative estimate of drug-likeness (QED) is 0.903. The summed E-state index contributed by atoms with van der Waals surface area (Å²) in [6, 6.07) is 9.69. The highest BCUT2D eigenvalue weighted by Gasteiger charge is 2.27. The summed E-state index contributed by atoms with van der Waals surface area (Å²) in [6.45, 7) is 6.14. The first-order valence-corrected chi connectivity index (χ1v) is 8.64. The van der Waals surface area contributed by atoms with Gasteiger partial charge in [0.2, 0.25) is 0 Å². The van der Waals surface area contributed by atoms with E-state index < -0.39 is 10.8 Å². The molecule has 1 aromatic rings. The van der Waals surface area contributed by atoms with Crippen LogP contribution < -0.4 is 5.32 Å². The number of hydrogen-bond acceptors (Lipinski definition) is 4. The largest absolute Gasteiger partial charge is 0.387 e. The van der Waals surface area contributed by atoms with Crippen molar-refractivity contribution in [1.29, 1.82) is 0 Å². The topological polar surface area (TPSA) is 67.8 Å². The zero-order valence-electron chi connectivity index (χ0n) is 13.2. The molecule has 6 heteroatoms. The van der Waals surface area contributed by atoms with E-state index in [4.69, 9.17) is 4.84 Å². The van der Waals surface area contributed by atoms with Crippen LogP contribution in [0.5, 0.6) is 0 Å². The highest BCUT2D eigenvalue weighted by atomic mass is 32.2. The van der Waals surface area contributed by atoms with Crippen LogP contribution in [-0.2, 0) is 20.4 Å². The number of nitrogens with one attached hydrogen (secondary N) is 1. The molecule has 120 valence electrons. The third-order valence-corrected chi connectivity index (χ3v) is 5.30. The van der Waals surface area contributed by atoms with Crippen LogP contribution in [0.1, 0.15) is 38.9 Å². The monoisotopic (exact) mass is 322 g/mol. The third-order valence-electron chi connectivity index (χ3n) is 3.36. The van der Waals surface area contributed by atoms with Crippen LogP contribution in [0.2, 0.25) is 0 Å². The van der Waals surface area contributed by atoms with Crippen LogP contribution in [0.4, 0.5) is 0 Å². The van der Waals surface area contributed by atoms with Crippen LogP contribution in [-0.4, -0.2) is 32.9 Å². The molecular formula is C16H22N2O3S. The predicted octanol–water partition coefficient (Wildman–Crippen LogP) is 2.17. The Labute approximate surface area is 133 Å². The molecule has 2 unspecified atom stereocenters. The Hall–Kier alpha value is -1.69.